The Balaban J connectivity index is 1.76. The van der Waals surface area contributed by atoms with Gasteiger partial charge in [0.1, 0.15) is 17.1 Å². The van der Waals surface area contributed by atoms with E-state index >= 15 is 0 Å². The summed E-state index contributed by atoms with van der Waals surface area (Å²) in [6, 6.07) is 22.0. The van der Waals surface area contributed by atoms with Gasteiger partial charge in [0.2, 0.25) is 0 Å². The standard InChI is InChI=1S/C31H28Cl2N2O5/c1-31(2,3)21-8-5-6-11-26(21)40-27-15-13-19(18-12-14-25(39-4)20(16-18)29(36)37)17-24(27)34-30(38)35-28-22(32)9-7-10-23(28)33/h5-17H,1-4H3,(H,36,37)(H2,34,35,38). The molecule has 0 saturated heterocycles. The van der Waals surface area contributed by atoms with E-state index in [1.165, 1.54) is 13.2 Å². The highest BCUT2D eigenvalue weighted by molar-refractivity contribution is 6.39. The first-order valence-electron chi connectivity index (χ1n) is 12.3. The predicted octanol–water partition coefficient (Wildman–Crippen LogP) is 9.10. The maximum atomic E-state index is 13.1. The largest absolute Gasteiger partial charge is 0.496 e. The molecule has 4 aromatic rings. The summed E-state index contributed by atoms with van der Waals surface area (Å²) in [4.78, 5) is 24.9. The Morgan fingerprint density at radius 2 is 1.40 bits per heavy atom. The van der Waals surface area contributed by atoms with E-state index in [9.17, 15) is 14.7 Å². The molecule has 2 amide bonds. The number of amides is 2. The molecule has 206 valence electrons. The fourth-order valence-electron chi connectivity index (χ4n) is 4.13. The fourth-order valence-corrected chi connectivity index (χ4v) is 4.62. The SMILES string of the molecule is COc1ccc(-c2ccc(Oc3ccccc3C(C)(C)C)c(NC(=O)Nc3c(Cl)cccc3Cl)c2)cc1C(=O)O. The molecule has 4 aromatic carbocycles. The number of carbonyl (C=O) groups is 2. The molecule has 0 heterocycles. The minimum Gasteiger partial charge on any atom is -0.496 e. The van der Waals surface area contributed by atoms with E-state index in [-0.39, 0.29) is 32.5 Å². The lowest BCUT2D eigenvalue weighted by Crippen LogP contribution is -2.20. The van der Waals surface area contributed by atoms with Crippen LogP contribution in [0.3, 0.4) is 0 Å². The van der Waals surface area contributed by atoms with E-state index in [2.05, 4.69) is 31.4 Å². The van der Waals surface area contributed by atoms with Crippen molar-refractivity contribution in [2.24, 2.45) is 0 Å². The molecule has 0 aromatic heterocycles. The minimum atomic E-state index is -1.12. The highest BCUT2D eigenvalue weighted by Crippen LogP contribution is 2.39. The topological polar surface area (TPSA) is 96.9 Å². The van der Waals surface area contributed by atoms with Crippen molar-refractivity contribution in [3.8, 4) is 28.4 Å². The summed E-state index contributed by atoms with van der Waals surface area (Å²) in [6.07, 6.45) is 0. The Hall–Kier alpha value is -4.20. The maximum Gasteiger partial charge on any atom is 0.339 e. The number of aromatic carboxylic acids is 1. The smallest absolute Gasteiger partial charge is 0.339 e. The molecule has 0 atom stereocenters. The second kappa shape index (κ2) is 11.9. The molecule has 0 aliphatic heterocycles. The zero-order valence-corrected chi connectivity index (χ0v) is 23.9. The number of anilines is 2. The molecule has 0 spiro atoms. The molecular weight excluding hydrogens is 551 g/mol. The highest BCUT2D eigenvalue weighted by atomic mass is 35.5. The third kappa shape index (κ3) is 6.50. The van der Waals surface area contributed by atoms with Crippen molar-refractivity contribution >= 4 is 46.6 Å². The Bertz CT molecular complexity index is 1560. The monoisotopic (exact) mass is 578 g/mol. The number of methoxy groups -OCH3 is 1. The number of rotatable bonds is 7. The summed E-state index contributed by atoms with van der Waals surface area (Å²) in [5, 5.41) is 15.7. The number of urea groups is 1. The van der Waals surface area contributed by atoms with Gasteiger partial charge in [0.15, 0.2) is 5.75 Å². The zero-order valence-electron chi connectivity index (χ0n) is 22.3. The molecule has 7 nitrogen and oxygen atoms in total. The van der Waals surface area contributed by atoms with Gasteiger partial charge in [0.05, 0.1) is 28.5 Å². The van der Waals surface area contributed by atoms with Crippen LogP contribution in [0.15, 0.2) is 78.9 Å². The Morgan fingerprint density at radius 3 is 2.02 bits per heavy atom. The number of carbonyl (C=O) groups excluding carboxylic acids is 1. The van der Waals surface area contributed by atoms with Gasteiger partial charge in [0.25, 0.3) is 0 Å². The summed E-state index contributed by atoms with van der Waals surface area (Å²) < 4.78 is 11.5. The molecule has 40 heavy (non-hydrogen) atoms. The van der Waals surface area contributed by atoms with Crippen molar-refractivity contribution in [2.75, 3.05) is 17.7 Å². The van der Waals surface area contributed by atoms with E-state index in [1.54, 1.807) is 48.5 Å². The molecule has 0 saturated carbocycles. The first-order valence-corrected chi connectivity index (χ1v) is 13.1. The van der Waals surface area contributed by atoms with Gasteiger partial charge in [-0.3, -0.25) is 0 Å². The van der Waals surface area contributed by atoms with E-state index in [1.807, 2.05) is 24.3 Å². The number of carboxylic acid groups (broad SMARTS) is 1. The molecule has 9 heteroatoms. The normalized spacial score (nSPS) is 11.1. The summed E-state index contributed by atoms with van der Waals surface area (Å²) in [7, 11) is 1.41. The second-order valence-corrected chi connectivity index (χ2v) is 10.8. The van der Waals surface area contributed by atoms with Crippen LogP contribution in [0, 0.1) is 0 Å². The summed E-state index contributed by atoms with van der Waals surface area (Å²) in [5.41, 5.74) is 2.66. The van der Waals surface area contributed by atoms with E-state index in [0.29, 0.717) is 28.3 Å². The molecule has 0 aliphatic carbocycles. The van der Waals surface area contributed by atoms with Crippen LogP contribution in [0.4, 0.5) is 16.2 Å². The first kappa shape index (κ1) is 28.8. The van der Waals surface area contributed by atoms with Crippen LogP contribution >= 0.6 is 23.2 Å². The molecular formula is C31H28Cl2N2O5. The first-order chi connectivity index (χ1) is 19.0. The number of halogens is 2. The molecule has 0 aliphatic rings. The van der Waals surface area contributed by atoms with Crippen LogP contribution in [0.1, 0.15) is 36.7 Å². The number of benzene rings is 4. The van der Waals surface area contributed by atoms with Crippen molar-refractivity contribution in [2.45, 2.75) is 26.2 Å². The van der Waals surface area contributed by atoms with Crippen molar-refractivity contribution in [1.29, 1.82) is 0 Å². The van der Waals surface area contributed by atoms with Gasteiger partial charge >= 0.3 is 12.0 Å². The Morgan fingerprint density at radius 1 is 0.775 bits per heavy atom. The minimum absolute atomic E-state index is 0.0139. The van der Waals surface area contributed by atoms with Crippen molar-refractivity contribution < 1.29 is 24.2 Å². The number of nitrogens with one attached hydrogen (secondary N) is 2. The van der Waals surface area contributed by atoms with Gasteiger partial charge in [-0.2, -0.15) is 0 Å². The van der Waals surface area contributed by atoms with Gasteiger partial charge in [-0.15, -0.1) is 0 Å². The number of carboxylic acids is 1. The van der Waals surface area contributed by atoms with Crippen LogP contribution in [-0.2, 0) is 5.41 Å². The number of hydrogen-bond donors (Lipinski definition) is 3. The lowest BCUT2D eigenvalue weighted by Gasteiger charge is -2.23. The highest BCUT2D eigenvalue weighted by Gasteiger charge is 2.21. The van der Waals surface area contributed by atoms with Crippen LogP contribution in [-0.4, -0.2) is 24.2 Å². The predicted molar refractivity (Wildman–Crippen MR) is 160 cm³/mol. The lowest BCUT2D eigenvalue weighted by molar-refractivity contribution is 0.0693. The summed E-state index contributed by atoms with van der Waals surface area (Å²) >= 11 is 12.5. The van der Waals surface area contributed by atoms with Gasteiger partial charge < -0.3 is 25.2 Å². The molecule has 4 rings (SSSR count). The van der Waals surface area contributed by atoms with E-state index in [0.717, 1.165) is 5.56 Å². The molecule has 3 N–H and O–H groups in total. The lowest BCUT2D eigenvalue weighted by atomic mass is 9.86. The van der Waals surface area contributed by atoms with Gasteiger partial charge in [-0.25, -0.2) is 9.59 Å². The third-order valence-electron chi connectivity index (χ3n) is 6.11. The average Bonchev–Trinajstić information content (AvgIpc) is 2.91. The van der Waals surface area contributed by atoms with Gasteiger partial charge in [-0.05, 0) is 59.0 Å². The maximum absolute atomic E-state index is 13.1. The summed E-state index contributed by atoms with van der Waals surface area (Å²) in [5.74, 6) is 0.141. The third-order valence-corrected chi connectivity index (χ3v) is 6.74. The fraction of sp³-hybridized carbons (Fsp3) is 0.161. The van der Waals surface area contributed by atoms with Crippen LogP contribution in [0.5, 0.6) is 17.2 Å². The Kier molecular flexibility index (Phi) is 8.57. The number of hydrogen-bond acceptors (Lipinski definition) is 4. The molecule has 0 bridgehead atoms. The van der Waals surface area contributed by atoms with E-state index < -0.39 is 12.0 Å². The van der Waals surface area contributed by atoms with E-state index in [4.69, 9.17) is 32.7 Å². The van der Waals surface area contributed by atoms with Gasteiger partial charge in [0, 0.05) is 5.56 Å². The van der Waals surface area contributed by atoms with Crippen molar-refractivity contribution in [3.63, 3.8) is 0 Å². The van der Waals surface area contributed by atoms with Gasteiger partial charge in [-0.1, -0.05) is 80.4 Å². The Labute approximate surface area is 242 Å². The zero-order chi connectivity index (χ0) is 29.0. The van der Waals surface area contributed by atoms with Crippen LogP contribution < -0.4 is 20.1 Å². The quantitative estimate of drug-likeness (QED) is 0.203. The van der Waals surface area contributed by atoms with Crippen LogP contribution in [0.2, 0.25) is 10.0 Å². The number of para-hydroxylation sites is 2. The summed E-state index contributed by atoms with van der Waals surface area (Å²) in [6.45, 7) is 6.26. The van der Waals surface area contributed by atoms with Crippen molar-refractivity contribution in [1.82, 2.24) is 0 Å². The molecule has 0 radical (unpaired) electrons. The molecule has 0 fully saturated rings. The van der Waals surface area contributed by atoms with Crippen LogP contribution in [0.25, 0.3) is 11.1 Å². The van der Waals surface area contributed by atoms with Crippen molar-refractivity contribution in [3.05, 3.63) is 100 Å². The second-order valence-electron chi connectivity index (χ2n) is 9.96. The molecule has 0 unspecified atom stereocenters. The number of ether oxygens (including phenoxy) is 2. The average molecular weight is 579 g/mol.